The second-order valence-corrected chi connectivity index (χ2v) is 21.3. The quantitative estimate of drug-likeness (QED) is 0.0483. The van der Waals surface area contributed by atoms with Gasteiger partial charge < -0.3 is 31.7 Å². The molecule has 4 heterocycles. The maximum Gasteiger partial charge on any atom is 0.390 e. The zero-order valence-corrected chi connectivity index (χ0v) is 45.1. The molecule has 11 rings (SSSR count). The SMILES string of the molecule is Cc1cc(-c2cc(NCCC(F)(F)F)c3ncc(-c4ccc(C(=O)NC5CC5)c(C)c4)n3c2)ccc1C(=O)O.Cc1cc(-c2cnc3c(NCCC(F)(F)F)cc(-c4ccc(C(=O)NC5C[C@@H]5F)c(C)c4)cn23)ccc1C(=O)NC1CC1. The molecule has 0 bridgehead atoms. The number of benzene rings is 4. The van der Waals surface area contributed by atoms with Crippen molar-refractivity contribution < 1.29 is 55.0 Å². The van der Waals surface area contributed by atoms with Crippen LogP contribution in [0.5, 0.6) is 0 Å². The Morgan fingerprint density at radius 3 is 1.22 bits per heavy atom. The number of carboxylic acids is 1. The largest absolute Gasteiger partial charge is 0.478 e. The van der Waals surface area contributed by atoms with Crippen molar-refractivity contribution >= 4 is 46.4 Å². The maximum absolute atomic E-state index is 13.3. The minimum absolute atomic E-state index is 0.113. The van der Waals surface area contributed by atoms with E-state index in [4.69, 9.17) is 0 Å². The Morgan fingerprint density at radius 2 is 0.878 bits per heavy atom. The molecule has 4 aromatic carbocycles. The molecule has 3 saturated carbocycles. The van der Waals surface area contributed by atoms with Crippen LogP contribution in [0.4, 0.5) is 42.1 Å². The van der Waals surface area contributed by atoms with Crippen LogP contribution in [-0.2, 0) is 0 Å². The van der Waals surface area contributed by atoms with Crippen molar-refractivity contribution in [2.75, 3.05) is 23.7 Å². The molecule has 0 aliphatic heterocycles. The number of rotatable bonds is 17. The molecular weight excluding hydrogens is 1070 g/mol. The van der Waals surface area contributed by atoms with E-state index in [0.29, 0.717) is 85.0 Å². The molecule has 0 saturated heterocycles. The molecular formula is C61H58F7N9O5. The minimum atomic E-state index is -4.32. The van der Waals surface area contributed by atoms with Crippen molar-refractivity contribution in [3.05, 3.63) is 154 Å². The summed E-state index contributed by atoms with van der Waals surface area (Å²) in [6, 6.07) is 24.6. The van der Waals surface area contributed by atoms with Crippen LogP contribution in [0.3, 0.4) is 0 Å². The van der Waals surface area contributed by atoms with E-state index in [-0.39, 0.29) is 48.5 Å². The van der Waals surface area contributed by atoms with Gasteiger partial charge in [-0.05, 0) is 135 Å². The summed E-state index contributed by atoms with van der Waals surface area (Å²) in [6.07, 6.45) is -0.408. The van der Waals surface area contributed by atoms with Gasteiger partial charge in [-0.1, -0.05) is 36.4 Å². The second-order valence-electron chi connectivity index (χ2n) is 21.3. The highest BCUT2D eigenvalue weighted by molar-refractivity contribution is 5.98. The summed E-state index contributed by atoms with van der Waals surface area (Å²) < 4.78 is 94.3. The van der Waals surface area contributed by atoms with E-state index in [1.54, 1.807) is 79.2 Å². The molecule has 8 aromatic rings. The van der Waals surface area contributed by atoms with Crippen LogP contribution in [0, 0.1) is 27.7 Å². The lowest BCUT2D eigenvalue weighted by molar-refractivity contribution is -0.132. The van der Waals surface area contributed by atoms with Crippen molar-refractivity contribution in [1.29, 1.82) is 0 Å². The van der Waals surface area contributed by atoms with Gasteiger partial charge in [-0.2, -0.15) is 26.3 Å². The monoisotopic (exact) mass is 1130 g/mol. The van der Waals surface area contributed by atoms with Gasteiger partial charge in [0.05, 0.1) is 59.6 Å². The Labute approximate surface area is 466 Å². The molecule has 1 unspecified atom stereocenters. The molecule has 4 aromatic heterocycles. The van der Waals surface area contributed by atoms with Gasteiger partial charge in [0, 0.05) is 82.9 Å². The fourth-order valence-electron chi connectivity index (χ4n) is 9.73. The standard InChI is InChI=1S/C32H31F4N5O2.C29H27F3N4O3/c1-17-11-19(3-7-24(17)31(43)40-26-14-25(26)33)21-13-27(37-10-9-32(34,35)36)29-38-15-28(41(29)16-21)20-4-8-23(18(2)12-20)30(42)39-22-5-6-22;1-16-12-19(4-7-22(16)27(37)35-21-5-6-21)25-14-34-26-24(33-10-9-29(30,31)32)13-20(15-36(25)26)18-3-8-23(28(38)39)17(2)11-18/h3-4,7-8,11-13,15-16,22,25-26,37H,5-6,9-10,14H2,1-2H3,(H,39,42)(H,40,43);3-4,7-8,11-15,21,33H,5-6,9-10H2,1-2H3,(H,35,37)(H,38,39)/t25-,26?;/m0./s1. The molecule has 0 radical (unpaired) electrons. The number of aryl methyl sites for hydroxylation is 4. The number of fused-ring (bicyclic) bond motifs is 2. The van der Waals surface area contributed by atoms with Crippen LogP contribution in [-0.4, -0.2) is 97.3 Å². The third-order valence-corrected chi connectivity index (χ3v) is 14.6. The number of aromatic nitrogens is 4. The van der Waals surface area contributed by atoms with E-state index < -0.39 is 43.4 Å². The van der Waals surface area contributed by atoms with Gasteiger partial charge in [0.25, 0.3) is 17.7 Å². The van der Waals surface area contributed by atoms with E-state index in [9.17, 15) is 55.0 Å². The number of pyridine rings is 2. The van der Waals surface area contributed by atoms with E-state index in [0.717, 1.165) is 53.5 Å². The normalized spacial score (nSPS) is 15.8. The molecule has 6 N–H and O–H groups in total. The van der Waals surface area contributed by atoms with Crippen LogP contribution < -0.4 is 26.6 Å². The van der Waals surface area contributed by atoms with Gasteiger partial charge in [0.2, 0.25) is 0 Å². The van der Waals surface area contributed by atoms with Crippen LogP contribution in [0.1, 0.15) is 109 Å². The first-order valence-electron chi connectivity index (χ1n) is 26.8. The number of alkyl halides is 7. The molecule has 3 aliphatic carbocycles. The average Bonchev–Trinajstić information content (AvgIpc) is 3.96. The number of hydrogen-bond donors (Lipinski definition) is 6. The first kappa shape index (κ1) is 56.5. The highest BCUT2D eigenvalue weighted by atomic mass is 19.4. The number of hydrogen-bond acceptors (Lipinski definition) is 8. The van der Waals surface area contributed by atoms with E-state index in [1.807, 2.05) is 61.0 Å². The Hall–Kier alpha value is -8.75. The number of halogens is 7. The summed E-state index contributed by atoms with van der Waals surface area (Å²) in [7, 11) is 0. The van der Waals surface area contributed by atoms with Gasteiger partial charge in [-0.25, -0.2) is 19.2 Å². The molecule has 3 fully saturated rings. The van der Waals surface area contributed by atoms with Gasteiger partial charge in [0.1, 0.15) is 6.17 Å². The summed E-state index contributed by atoms with van der Waals surface area (Å²) >= 11 is 0. The van der Waals surface area contributed by atoms with Gasteiger partial charge in [-0.15, -0.1) is 0 Å². The van der Waals surface area contributed by atoms with Crippen molar-refractivity contribution in [2.45, 2.75) is 109 Å². The third-order valence-electron chi connectivity index (χ3n) is 14.6. The fourth-order valence-corrected chi connectivity index (χ4v) is 9.73. The number of anilines is 2. The minimum Gasteiger partial charge on any atom is -0.478 e. The Bertz CT molecular complexity index is 3810. The summed E-state index contributed by atoms with van der Waals surface area (Å²) in [5, 5.41) is 23.8. The molecule has 21 heteroatoms. The molecule has 426 valence electrons. The molecule has 14 nitrogen and oxygen atoms in total. The number of carboxylic acid groups (broad SMARTS) is 1. The summed E-state index contributed by atoms with van der Waals surface area (Å²) in [6.45, 7) is 6.54. The predicted molar refractivity (Wildman–Crippen MR) is 298 cm³/mol. The Morgan fingerprint density at radius 1 is 0.524 bits per heavy atom. The van der Waals surface area contributed by atoms with Crippen LogP contribution in [0.2, 0.25) is 0 Å². The number of carbonyl (C=O) groups excluding carboxylic acids is 3. The first-order valence-corrected chi connectivity index (χ1v) is 26.8. The second kappa shape index (κ2) is 22.7. The van der Waals surface area contributed by atoms with Crippen molar-refractivity contribution in [3.8, 4) is 44.8 Å². The van der Waals surface area contributed by atoms with Crippen molar-refractivity contribution in [1.82, 2.24) is 34.7 Å². The molecule has 0 spiro atoms. The molecule has 3 aliphatic rings. The number of imidazole rings is 2. The van der Waals surface area contributed by atoms with E-state index in [2.05, 4.69) is 36.6 Å². The Balaban J connectivity index is 0.000000185. The lowest BCUT2D eigenvalue weighted by Crippen LogP contribution is -2.27. The number of carbonyl (C=O) groups is 4. The number of nitrogens with zero attached hydrogens (tertiary/aromatic N) is 4. The van der Waals surface area contributed by atoms with Gasteiger partial charge >= 0.3 is 18.3 Å². The number of amides is 3. The third kappa shape index (κ3) is 13.2. The topological polar surface area (TPSA) is 183 Å². The summed E-state index contributed by atoms with van der Waals surface area (Å²) in [5.41, 5.74) is 12.1. The number of aromatic carboxylic acids is 1. The molecule has 82 heavy (non-hydrogen) atoms. The maximum atomic E-state index is 13.3. The highest BCUT2D eigenvalue weighted by Gasteiger charge is 2.39. The number of nitrogens with one attached hydrogen (secondary N) is 5. The summed E-state index contributed by atoms with van der Waals surface area (Å²) in [5.74, 6) is -1.61. The van der Waals surface area contributed by atoms with Crippen LogP contribution in [0.15, 0.2) is 110 Å². The van der Waals surface area contributed by atoms with Crippen LogP contribution in [0.25, 0.3) is 56.1 Å². The van der Waals surface area contributed by atoms with Crippen LogP contribution >= 0.6 is 0 Å². The van der Waals surface area contributed by atoms with Gasteiger partial charge in [-0.3, -0.25) is 23.2 Å². The van der Waals surface area contributed by atoms with Crippen molar-refractivity contribution in [2.24, 2.45) is 0 Å². The average molecular weight is 1130 g/mol. The Kier molecular flexibility index (Phi) is 15.6. The van der Waals surface area contributed by atoms with E-state index >= 15 is 0 Å². The zero-order chi connectivity index (χ0) is 58.4. The predicted octanol–water partition coefficient (Wildman–Crippen LogP) is 12.6. The lowest BCUT2D eigenvalue weighted by atomic mass is 10.00. The zero-order valence-electron chi connectivity index (χ0n) is 45.1. The molecule has 3 amide bonds. The smallest absolute Gasteiger partial charge is 0.390 e. The lowest BCUT2D eigenvalue weighted by Gasteiger charge is -2.15. The highest BCUT2D eigenvalue weighted by Crippen LogP contribution is 2.36. The van der Waals surface area contributed by atoms with Crippen molar-refractivity contribution in [3.63, 3.8) is 0 Å². The molecule has 2 atom stereocenters. The van der Waals surface area contributed by atoms with Gasteiger partial charge in [0.15, 0.2) is 11.3 Å². The first-order chi connectivity index (χ1) is 39.0. The fraction of sp³-hybridized carbons (Fsp3) is 0.311. The summed E-state index contributed by atoms with van der Waals surface area (Å²) in [4.78, 5) is 58.4. The van der Waals surface area contributed by atoms with E-state index in [1.165, 1.54) is 6.07 Å².